The van der Waals surface area contributed by atoms with Gasteiger partial charge in [-0.25, -0.2) is 0 Å². The van der Waals surface area contributed by atoms with Crippen LogP contribution in [0.5, 0.6) is 0 Å². The lowest BCUT2D eigenvalue weighted by molar-refractivity contribution is -0.138. The number of carboxylic acids is 2. The maximum absolute atomic E-state index is 10.7. The van der Waals surface area contributed by atoms with Crippen molar-refractivity contribution >= 4 is 11.9 Å². The van der Waals surface area contributed by atoms with Gasteiger partial charge in [-0.3, -0.25) is 9.59 Å². The first kappa shape index (κ1) is 38.7. The van der Waals surface area contributed by atoms with E-state index in [-0.39, 0.29) is 0 Å². The van der Waals surface area contributed by atoms with Crippen molar-refractivity contribution in [2.75, 3.05) is 0 Å². The van der Waals surface area contributed by atoms with Gasteiger partial charge in [0.2, 0.25) is 0 Å². The Morgan fingerprint density at radius 3 is 1.25 bits per heavy atom. The molecule has 0 aromatic heterocycles. The summed E-state index contributed by atoms with van der Waals surface area (Å²) in [6.45, 7) is 4.57. The molecule has 0 amide bonds. The average molecular weight is 565 g/mol. The molecular formula is C36H68O4. The molecule has 4 nitrogen and oxygen atoms in total. The van der Waals surface area contributed by atoms with Crippen molar-refractivity contribution < 1.29 is 19.8 Å². The second kappa shape index (κ2) is 30.6. The van der Waals surface area contributed by atoms with E-state index in [0.717, 1.165) is 38.0 Å². The number of hydrogen-bond donors (Lipinski definition) is 2. The van der Waals surface area contributed by atoms with E-state index in [4.69, 9.17) is 10.2 Å². The van der Waals surface area contributed by atoms with Crippen LogP contribution in [0.3, 0.4) is 0 Å². The molecule has 1 unspecified atom stereocenters. The lowest BCUT2D eigenvalue weighted by atomic mass is 9.84. The third kappa shape index (κ3) is 28.2. The van der Waals surface area contributed by atoms with Crippen LogP contribution in [0.1, 0.15) is 200 Å². The highest BCUT2D eigenvalue weighted by Gasteiger charge is 2.14. The van der Waals surface area contributed by atoms with Crippen LogP contribution in [0.4, 0.5) is 0 Å². The minimum Gasteiger partial charge on any atom is -0.481 e. The molecule has 0 saturated carbocycles. The zero-order valence-corrected chi connectivity index (χ0v) is 26.9. The molecule has 0 aliphatic carbocycles. The Morgan fingerprint density at radius 2 is 0.825 bits per heavy atom. The molecule has 0 radical (unpaired) electrons. The molecule has 0 aliphatic heterocycles. The Balaban J connectivity index is 4.82. The van der Waals surface area contributed by atoms with E-state index in [0.29, 0.717) is 12.8 Å². The first-order chi connectivity index (χ1) is 19.5. The zero-order chi connectivity index (χ0) is 29.5. The number of unbranched alkanes of at least 4 members (excludes halogenated alkanes) is 20. The molecule has 236 valence electrons. The molecule has 0 saturated heterocycles. The predicted octanol–water partition coefficient (Wildman–Crippen LogP) is 12.1. The van der Waals surface area contributed by atoms with E-state index in [1.165, 1.54) is 141 Å². The molecule has 0 aliphatic rings. The second-order valence-corrected chi connectivity index (χ2v) is 12.3. The number of carbonyl (C=O) groups is 2. The fourth-order valence-corrected chi connectivity index (χ4v) is 5.88. The maximum Gasteiger partial charge on any atom is 0.303 e. The fraction of sp³-hybridized carbons (Fsp3) is 0.889. The van der Waals surface area contributed by atoms with Crippen LogP contribution in [0.25, 0.3) is 0 Å². The first-order valence-electron chi connectivity index (χ1n) is 17.6. The van der Waals surface area contributed by atoms with Crippen molar-refractivity contribution in [3.63, 3.8) is 0 Å². The summed E-state index contributed by atoms with van der Waals surface area (Å²) in [6.07, 6.45) is 37.0. The third-order valence-electron chi connectivity index (χ3n) is 8.44. The lowest BCUT2D eigenvalue weighted by Crippen LogP contribution is -2.06. The Morgan fingerprint density at radius 1 is 0.475 bits per heavy atom. The summed E-state index contributed by atoms with van der Waals surface area (Å²) in [7, 11) is 0. The number of aliphatic carboxylic acids is 2. The molecule has 0 aromatic rings. The highest BCUT2D eigenvalue weighted by atomic mass is 16.4. The molecule has 4 heteroatoms. The second-order valence-electron chi connectivity index (χ2n) is 12.3. The summed E-state index contributed by atoms with van der Waals surface area (Å²) in [5.41, 5.74) is 1.75. The van der Waals surface area contributed by atoms with Crippen molar-refractivity contribution in [2.24, 2.45) is 5.92 Å². The van der Waals surface area contributed by atoms with Crippen LogP contribution < -0.4 is 0 Å². The Labute approximate surface area is 249 Å². The molecule has 0 rings (SSSR count). The third-order valence-corrected chi connectivity index (χ3v) is 8.44. The summed E-state index contributed by atoms with van der Waals surface area (Å²) in [5.74, 6) is -0.594. The van der Waals surface area contributed by atoms with E-state index in [2.05, 4.69) is 19.9 Å². The summed E-state index contributed by atoms with van der Waals surface area (Å²) in [4.78, 5) is 21.4. The number of rotatable bonds is 32. The topological polar surface area (TPSA) is 74.6 Å². The Kier molecular flexibility index (Phi) is 29.6. The van der Waals surface area contributed by atoms with Crippen LogP contribution in [0, 0.1) is 5.92 Å². The van der Waals surface area contributed by atoms with Gasteiger partial charge in [0.05, 0.1) is 0 Å². The molecule has 40 heavy (non-hydrogen) atoms. The van der Waals surface area contributed by atoms with Gasteiger partial charge in [0, 0.05) is 12.8 Å². The van der Waals surface area contributed by atoms with Crippen molar-refractivity contribution in [2.45, 2.75) is 200 Å². The lowest BCUT2D eigenvalue weighted by Gasteiger charge is -2.22. The Bertz CT molecular complexity index is 598. The summed E-state index contributed by atoms with van der Waals surface area (Å²) in [5, 5.41) is 17.7. The molecule has 1 atom stereocenters. The molecule has 0 fully saturated rings. The van der Waals surface area contributed by atoms with Crippen molar-refractivity contribution in [3.05, 3.63) is 11.6 Å². The monoisotopic (exact) mass is 565 g/mol. The largest absolute Gasteiger partial charge is 0.481 e. The van der Waals surface area contributed by atoms with Gasteiger partial charge in [0.15, 0.2) is 0 Å². The van der Waals surface area contributed by atoms with Gasteiger partial charge in [-0.2, -0.15) is 0 Å². The SMILES string of the molecule is CCCCCCC/C=C(\CCCCCCCCC(=O)O)C(CCCCCCCC)CCCCCCCCC(=O)O. The molecule has 0 heterocycles. The van der Waals surface area contributed by atoms with Crippen molar-refractivity contribution in [1.29, 1.82) is 0 Å². The summed E-state index contributed by atoms with van der Waals surface area (Å²) < 4.78 is 0. The number of carboxylic acid groups (broad SMARTS) is 2. The van der Waals surface area contributed by atoms with Gasteiger partial charge in [-0.05, 0) is 57.3 Å². The van der Waals surface area contributed by atoms with Crippen molar-refractivity contribution in [1.82, 2.24) is 0 Å². The first-order valence-corrected chi connectivity index (χ1v) is 17.6. The summed E-state index contributed by atoms with van der Waals surface area (Å²) in [6, 6.07) is 0. The minimum absolute atomic E-state index is 0.313. The minimum atomic E-state index is -0.668. The smallest absolute Gasteiger partial charge is 0.303 e. The van der Waals surface area contributed by atoms with Gasteiger partial charge in [0.25, 0.3) is 0 Å². The van der Waals surface area contributed by atoms with Crippen LogP contribution in [0.15, 0.2) is 11.6 Å². The van der Waals surface area contributed by atoms with E-state index < -0.39 is 11.9 Å². The zero-order valence-electron chi connectivity index (χ0n) is 26.9. The van der Waals surface area contributed by atoms with Gasteiger partial charge >= 0.3 is 11.9 Å². The maximum atomic E-state index is 10.7. The summed E-state index contributed by atoms with van der Waals surface area (Å²) >= 11 is 0. The number of hydrogen-bond acceptors (Lipinski definition) is 2. The van der Waals surface area contributed by atoms with Crippen LogP contribution in [0.2, 0.25) is 0 Å². The van der Waals surface area contributed by atoms with Crippen molar-refractivity contribution in [3.8, 4) is 0 Å². The molecule has 0 bridgehead atoms. The van der Waals surface area contributed by atoms with Crippen LogP contribution >= 0.6 is 0 Å². The van der Waals surface area contributed by atoms with Gasteiger partial charge in [-0.1, -0.05) is 147 Å². The van der Waals surface area contributed by atoms with E-state index in [9.17, 15) is 9.59 Å². The quantitative estimate of drug-likeness (QED) is 0.0629. The van der Waals surface area contributed by atoms with E-state index >= 15 is 0 Å². The molecule has 2 N–H and O–H groups in total. The van der Waals surface area contributed by atoms with Gasteiger partial charge in [-0.15, -0.1) is 0 Å². The van der Waals surface area contributed by atoms with Gasteiger partial charge in [0.1, 0.15) is 0 Å². The molecular weight excluding hydrogens is 496 g/mol. The standard InChI is InChI=1S/C36H68O4/c1-3-5-7-9-15-21-27-33(29-23-17-11-13-19-25-31-35(37)38)34(28-22-16-10-8-6-4-2)30-24-18-12-14-20-26-32-36(39)40/h27,34H,3-26,28-32H2,1-2H3,(H,37,38)(H,39,40)/b33-27+. The van der Waals surface area contributed by atoms with Crippen LogP contribution in [-0.2, 0) is 9.59 Å². The fourth-order valence-electron chi connectivity index (χ4n) is 5.88. The number of allylic oxidation sites excluding steroid dienone is 2. The Hall–Kier alpha value is -1.32. The van der Waals surface area contributed by atoms with Crippen LogP contribution in [-0.4, -0.2) is 22.2 Å². The van der Waals surface area contributed by atoms with E-state index in [1.54, 1.807) is 5.57 Å². The molecule has 0 spiro atoms. The highest BCUT2D eigenvalue weighted by molar-refractivity contribution is 5.66. The normalized spacial score (nSPS) is 12.6. The average Bonchev–Trinajstić information content (AvgIpc) is 2.92. The molecule has 0 aromatic carbocycles. The predicted molar refractivity (Wildman–Crippen MR) is 172 cm³/mol. The van der Waals surface area contributed by atoms with E-state index in [1.807, 2.05) is 0 Å². The van der Waals surface area contributed by atoms with Gasteiger partial charge < -0.3 is 10.2 Å². The highest BCUT2D eigenvalue weighted by Crippen LogP contribution is 2.30.